The maximum Gasteiger partial charge on any atom is 0.473 e. The summed E-state index contributed by atoms with van der Waals surface area (Å²) in [6.07, 6.45) is 0. The molecule has 0 unspecified atom stereocenters. The van der Waals surface area contributed by atoms with Gasteiger partial charge in [-0.25, -0.2) is 4.57 Å². The van der Waals surface area contributed by atoms with Gasteiger partial charge in [0.25, 0.3) is 0 Å². The fourth-order valence-corrected chi connectivity index (χ4v) is 0.671. The third-order valence-electron chi connectivity index (χ3n) is 0.671. The van der Waals surface area contributed by atoms with Crippen LogP contribution in [0.5, 0.6) is 0 Å². The molecular formula is C3H9CaO4P. The molecule has 2 radical (unpaired) electrons. The summed E-state index contributed by atoms with van der Waals surface area (Å²) >= 11 is 0. The van der Waals surface area contributed by atoms with E-state index in [0.717, 1.165) is 0 Å². The molecule has 6 heteroatoms. The van der Waals surface area contributed by atoms with Crippen LogP contribution in [-0.2, 0) is 18.1 Å². The van der Waals surface area contributed by atoms with Gasteiger partial charge >= 0.3 is 7.82 Å². The molecule has 0 bridgehead atoms. The van der Waals surface area contributed by atoms with Crippen LogP contribution in [0.4, 0.5) is 0 Å². The Labute approximate surface area is 84.5 Å². The van der Waals surface area contributed by atoms with Gasteiger partial charge in [0, 0.05) is 59.1 Å². The van der Waals surface area contributed by atoms with Crippen LogP contribution >= 0.6 is 7.82 Å². The van der Waals surface area contributed by atoms with Crippen LogP contribution in [0, 0.1) is 0 Å². The molecule has 9 heavy (non-hydrogen) atoms. The van der Waals surface area contributed by atoms with Gasteiger partial charge in [-0.05, 0) is 0 Å². The van der Waals surface area contributed by atoms with Gasteiger partial charge in [-0.1, -0.05) is 0 Å². The predicted octanol–water partition coefficient (Wildman–Crippen LogP) is 0.653. The van der Waals surface area contributed by atoms with Crippen LogP contribution in [0.15, 0.2) is 0 Å². The van der Waals surface area contributed by atoms with Crippen LogP contribution in [-0.4, -0.2) is 59.1 Å². The Morgan fingerprint density at radius 3 is 1.22 bits per heavy atom. The van der Waals surface area contributed by atoms with Gasteiger partial charge in [-0.2, -0.15) is 0 Å². The fourth-order valence-electron chi connectivity index (χ4n) is 0.224. The minimum Gasteiger partial charge on any atom is -0.290 e. The number of phosphoric acid groups is 1. The monoisotopic (exact) mass is 180 g/mol. The molecule has 0 N–H and O–H groups in total. The zero-order chi connectivity index (χ0) is 6.62. The van der Waals surface area contributed by atoms with Crippen molar-refractivity contribution in [1.29, 1.82) is 0 Å². The average molecular weight is 180 g/mol. The minimum atomic E-state index is -3.16. The molecular weight excluding hydrogens is 171 g/mol. The summed E-state index contributed by atoms with van der Waals surface area (Å²) in [7, 11) is 0.611. The molecule has 52 valence electrons. The first-order valence-corrected chi connectivity index (χ1v) is 3.42. The second kappa shape index (κ2) is 6.10. The van der Waals surface area contributed by atoms with Crippen molar-refractivity contribution in [2.24, 2.45) is 0 Å². The molecule has 0 heterocycles. The van der Waals surface area contributed by atoms with E-state index in [4.69, 9.17) is 0 Å². The Balaban J connectivity index is 0. The van der Waals surface area contributed by atoms with Crippen LogP contribution in [0.1, 0.15) is 0 Å². The first kappa shape index (κ1) is 13.0. The van der Waals surface area contributed by atoms with Crippen molar-refractivity contribution >= 4 is 45.6 Å². The van der Waals surface area contributed by atoms with E-state index < -0.39 is 7.82 Å². The van der Waals surface area contributed by atoms with Crippen molar-refractivity contribution in [2.75, 3.05) is 21.3 Å². The summed E-state index contributed by atoms with van der Waals surface area (Å²) < 4.78 is 23.7. The second-order valence-electron chi connectivity index (χ2n) is 0.995. The van der Waals surface area contributed by atoms with Gasteiger partial charge in [-0.15, -0.1) is 0 Å². The number of hydrogen-bond donors (Lipinski definition) is 0. The standard InChI is InChI=1S/C3H9O4P.Ca/c1-5-8(4,6-2)7-3;/h1-3H3;. The normalized spacial score (nSPS) is 10.6. The Hall–Kier alpha value is 1.37. The first-order valence-electron chi connectivity index (χ1n) is 1.96. The van der Waals surface area contributed by atoms with Crippen molar-refractivity contribution < 1.29 is 18.1 Å². The van der Waals surface area contributed by atoms with E-state index in [-0.39, 0.29) is 37.7 Å². The van der Waals surface area contributed by atoms with Crippen molar-refractivity contribution in [1.82, 2.24) is 0 Å². The summed E-state index contributed by atoms with van der Waals surface area (Å²) in [5.41, 5.74) is 0. The molecule has 4 nitrogen and oxygen atoms in total. The van der Waals surface area contributed by atoms with E-state index in [1.807, 2.05) is 0 Å². The summed E-state index contributed by atoms with van der Waals surface area (Å²) in [5, 5.41) is 0. The van der Waals surface area contributed by atoms with Gasteiger partial charge in [0.15, 0.2) is 0 Å². The molecule has 0 aliphatic carbocycles. The molecule has 0 spiro atoms. The fraction of sp³-hybridized carbons (Fsp3) is 1.00. The van der Waals surface area contributed by atoms with Crippen molar-refractivity contribution in [3.8, 4) is 0 Å². The molecule has 0 atom stereocenters. The van der Waals surface area contributed by atoms with Gasteiger partial charge in [0.05, 0.1) is 0 Å². The van der Waals surface area contributed by atoms with Crippen LogP contribution < -0.4 is 0 Å². The largest absolute Gasteiger partial charge is 0.473 e. The zero-order valence-electron chi connectivity index (χ0n) is 5.79. The summed E-state index contributed by atoms with van der Waals surface area (Å²) in [6, 6.07) is 0. The minimum absolute atomic E-state index is 0. The first-order chi connectivity index (χ1) is 3.68. The number of phosphoric ester groups is 1. The van der Waals surface area contributed by atoms with Crippen LogP contribution in [0.2, 0.25) is 0 Å². The Bertz CT molecular complexity index is 87.0. The number of rotatable bonds is 3. The Morgan fingerprint density at radius 1 is 1.00 bits per heavy atom. The summed E-state index contributed by atoms with van der Waals surface area (Å²) in [6.45, 7) is 0. The molecule has 0 aromatic rings. The molecule has 0 rings (SSSR count). The van der Waals surface area contributed by atoms with Gasteiger partial charge in [-0.3, -0.25) is 13.6 Å². The zero-order valence-corrected chi connectivity index (χ0v) is 8.89. The summed E-state index contributed by atoms with van der Waals surface area (Å²) in [5.74, 6) is 0. The quantitative estimate of drug-likeness (QED) is 0.472. The molecule has 0 aromatic carbocycles. The Kier molecular flexibility index (Phi) is 8.81. The predicted molar refractivity (Wildman–Crippen MR) is 34.4 cm³/mol. The van der Waals surface area contributed by atoms with E-state index in [1.165, 1.54) is 21.3 Å². The maximum absolute atomic E-state index is 10.7. The molecule has 0 amide bonds. The third kappa shape index (κ3) is 4.73. The third-order valence-corrected chi connectivity index (χ3v) is 2.01. The average Bonchev–Trinajstić information content (AvgIpc) is 1.87. The van der Waals surface area contributed by atoms with E-state index in [0.29, 0.717) is 0 Å². The van der Waals surface area contributed by atoms with Gasteiger partial charge in [0.1, 0.15) is 0 Å². The van der Waals surface area contributed by atoms with Crippen LogP contribution in [0.3, 0.4) is 0 Å². The smallest absolute Gasteiger partial charge is 0.290 e. The SMILES string of the molecule is COP(=O)(OC)OC.[Ca]. The molecule has 0 saturated heterocycles. The van der Waals surface area contributed by atoms with Gasteiger partial charge < -0.3 is 0 Å². The molecule has 0 aliphatic heterocycles. The number of hydrogen-bond acceptors (Lipinski definition) is 4. The van der Waals surface area contributed by atoms with E-state index in [1.54, 1.807) is 0 Å². The Morgan fingerprint density at radius 2 is 1.22 bits per heavy atom. The van der Waals surface area contributed by atoms with Crippen molar-refractivity contribution in [3.05, 3.63) is 0 Å². The van der Waals surface area contributed by atoms with E-state index >= 15 is 0 Å². The topological polar surface area (TPSA) is 44.8 Å². The molecule has 0 aromatic heterocycles. The molecule has 0 fully saturated rings. The van der Waals surface area contributed by atoms with E-state index in [9.17, 15) is 4.57 Å². The van der Waals surface area contributed by atoms with Crippen molar-refractivity contribution in [2.45, 2.75) is 0 Å². The maximum atomic E-state index is 10.7. The molecule has 0 aliphatic rings. The molecule has 0 saturated carbocycles. The van der Waals surface area contributed by atoms with Gasteiger partial charge in [0.2, 0.25) is 0 Å². The van der Waals surface area contributed by atoms with Crippen LogP contribution in [0.25, 0.3) is 0 Å². The summed E-state index contributed by atoms with van der Waals surface area (Å²) in [4.78, 5) is 0. The van der Waals surface area contributed by atoms with Crippen molar-refractivity contribution in [3.63, 3.8) is 0 Å². The second-order valence-corrected chi connectivity index (χ2v) is 2.98. The van der Waals surface area contributed by atoms with E-state index in [2.05, 4.69) is 13.6 Å².